The summed E-state index contributed by atoms with van der Waals surface area (Å²) in [4.78, 5) is 3.83. The molecule has 0 amide bonds. The summed E-state index contributed by atoms with van der Waals surface area (Å²) in [5.74, 6) is 2.38. The Morgan fingerprint density at radius 1 is 1.56 bits per heavy atom. The molecule has 0 aromatic carbocycles. The second kappa shape index (κ2) is 2.52. The Labute approximate surface area is 58.7 Å². The van der Waals surface area contributed by atoms with E-state index >= 15 is 0 Å². The molecule has 1 rings (SSSR count). The molecule has 0 spiro atoms. The standard InChI is InChI=1S/C7H4ClN/c1-2-7-4-3-6(8)5-9-7/h1,3-5H. The minimum absolute atomic E-state index is 0.606. The number of hydrogen-bond donors (Lipinski definition) is 0. The van der Waals surface area contributed by atoms with Crippen LogP contribution in [0.5, 0.6) is 0 Å². The van der Waals surface area contributed by atoms with Gasteiger partial charge in [0.05, 0.1) is 5.02 Å². The molecule has 1 aromatic heterocycles. The molecule has 0 unspecified atom stereocenters. The number of hydrogen-bond acceptors (Lipinski definition) is 1. The van der Waals surface area contributed by atoms with Gasteiger partial charge in [-0.15, -0.1) is 6.42 Å². The molecule has 0 aliphatic heterocycles. The fourth-order valence-electron chi connectivity index (χ4n) is 0.461. The van der Waals surface area contributed by atoms with Crippen molar-refractivity contribution < 1.29 is 0 Å². The number of terminal acetylenes is 1. The molecule has 1 heterocycles. The van der Waals surface area contributed by atoms with Crippen LogP contribution < -0.4 is 0 Å². The van der Waals surface area contributed by atoms with Gasteiger partial charge in [-0.25, -0.2) is 4.98 Å². The normalized spacial score (nSPS) is 8.44. The van der Waals surface area contributed by atoms with Gasteiger partial charge in [0.15, 0.2) is 0 Å². The third kappa shape index (κ3) is 1.45. The smallest absolute Gasteiger partial charge is 0.112 e. The highest BCUT2D eigenvalue weighted by atomic mass is 35.5. The predicted molar refractivity (Wildman–Crippen MR) is 37.2 cm³/mol. The number of nitrogens with zero attached hydrogens (tertiary/aromatic N) is 1. The van der Waals surface area contributed by atoms with Crippen LogP contribution in [-0.2, 0) is 0 Å². The van der Waals surface area contributed by atoms with E-state index in [9.17, 15) is 0 Å². The zero-order valence-corrected chi connectivity index (χ0v) is 5.39. The highest BCUT2D eigenvalue weighted by Gasteiger charge is 1.86. The van der Waals surface area contributed by atoms with Gasteiger partial charge in [0.2, 0.25) is 0 Å². The molecule has 0 atom stereocenters. The average Bonchev–Trinajstić information content (AvgIpc) is 1.90. The minimum atomic E-state index is 0.606. The van der Waals surface area contributed by atoms with Crippen LogP contribution in [-0.4, -0.2) is 4.98 Å². The lowest BCUT2D eigenvalue weighted by molar-refractivity contribution is 1.29. The summed E-state index contributed by atoms with van der Waals surface area (Å²) in [7, 11) is 0. The number of halogens is 1. The Morgan fingerprint density at radius 3 is 2.78 bits per heavy atom. The van der Waals surface area contributed by atoms with Gasteiger partial charge in [-0.2, -0.15) is 0 Å². The summed E-state index contributed by atoms with van der Waals surface area (Å²) in [6.07, 6.45) is 6.57. The largest absolute Gasteiger partial charge is 0.246 e. The minimum Gasteiger partial charge on any atom is -0.246 e. The molecule has 0 fully saturated rings. The summed E-state index contributed by atoms with van der Waals surface area (Å²) in [5, 5.41) is 0.606. The molecule has 0 saturated heterocycles. The molecule has 0 aliphatic rings. The van der Waals surface area contributed by atoms with Crippen LogP contribution in [0.25, 0.3) is 0 Å². The van der Waals surface area contributed by atoms with E-state index in [2.05, 4.69) is 10.9 Å². The molecule has 0 saturated carbocycles. The second-order valence-electron chi connectivity index (χ2n) is 1.51. The van der Waals surface area contributed by atoms with Crippen LogP contribution in [0.15, 0.2) is 18.3 Å². The molecule has 44 valence electrons. The molecule has 0 N–H and O–H groups in total. The van der Waals surface area contributed by atoms with Gasteiger partial charge in [-0.05, 0) is 12.1 Å². The Hall–Kier alpha value is -1.00. The van der Waals surface area contributed by atoms with Crippen molar-refractivity contribution in [3.8, 4) is 12.3 Å². The lowest BCUT2D eigenvalue weighted by Crippen LogP contribution is -1.77. The van der Waals surface area contributed by atoms with Gasteiger partial charge in [0, 0.05) is 6.20 Å². The summed E-state index contributed by atoms with van der Waals surface area (Å²) < 4.78 is 0. The van der Waals surface area contributed by atoms with E-state index < -0.39 is 0 Å². The maximum Gasteiger partial charge on any atom is 0.112 e. The first-order chi connectivity index (χ1) is 4.33. The van der Waals surface area contributed by atoms with Crippen molar-refractivity contribution in [2.24, 2.45) is 0 Å². The van der Waals surface area contributed by atoms with E-state index in [1.807, 2.05) is 0 Å². The van der Waals surface area contributed by atoms with E-state index in [4.69, 9.17) is 18.0 Å². The third-order valence-electron chi connectivity index (χ3n) is 0.875. The van der Waals surface area contributed by atoms with Crippen molar-refractivity contribution in [2.45, 2.75) is 0 Å². The van der Waals surface area contributed by atoms with E-state index in [1.54, 1.807) is 12.1 Å². The van der Waals surface area contributed by atoms with Crippen molar-refractivity contribution in [2.75, 3.05) is 0 Å². The zero-order valence-electron chi connectivity index (χ0n) is 4.63. The average molecular weight is 138 g/mol. The molecule has 0 radical (unpaired) electrons. The van der Waals surface area contributed by atoms with Gasteiger partial charge in [-0.3, -0.25) is 0 Å². The highest BCUT2D eigenvalue weighted by Crippen LogP contribution is 2.04. The molecular weight excluding hydrogens is 134 g/mol. The number of aromatic nitrogens is 1. The molecule has 2 heteroatoms. The van der Waals surface area contributed by atoms with Crippen molar-refractivity contribution in [1.82, 2.24) is 4.98 Å². The molecule has 0 bridgehead atoms. The maximum atomic E-state index is 5.54. The van der Waals surface area contributed by atoms with Crippen LogP contribution in [0.3, 0.4) is 0 Å². The van der Waals surface area contributed by atoms with Crippen LogP contribution in [0, 0.1) is 12.3 Å². The summed E-state index contributed by atoms with van der Waals surface area (Å²) in [6.45, 7) is 0. The first kappa shape index (κ1) is 6.12. The van der Waals surface area contributed by atoms with Crippen molar-refractivity contribution in [3.63, 3.8) is 0 Å². The summed E-state index contributed by atoms with van der Waals surface area (Å²) in [6, 6.07) is 3.41. The molecule has 9 heavy (non-hydrogen) atoms. The lowest BCUT2D eigenvalue weighted by Gasteiger charge is -1.87. The fourth-order valence-corrected chi connectivity index (χ4v) is 0.573. The maximum absolute atomic E-state index is 5.54. The molecule has 1 aromatic rings. The highest BCUT2D eigenvalue weighted by molar-refractivity contribution is 6.30. The van der Waals surface area contributed by atoms with Crippen molar-refractivity contribution >= 4 is 11.6 Å². The van der Waals surface area contributed by atoms with Gasteiger partial charge < -0.3 is 0 Å². The Bertz CT molecular complexity index is 232. The Morgan fingerprint density at radius 2 is 2.33 bits per heavy atom. The van der Waals surface area contributed by atoms with Crippen molar-refractivity contribution in [3.05, 3.63) is 29.0 Å². The van der Waals surface area contributed by atoms with Crippen molar-refractivity contribution in [1.29, 1.82) is 0 Å². The zero-order chi connectivity index (χ0) is 6.69. The van der Waals surface area contributed by atoms with Crippen LogP contribution >= 0.6 is 11.6 Å². The lowest BCUT2D eigenvalue weighted by atomic mass is 10.4. The van der Waals surface area contributed by atoms with Gasteiger partial charge in [0.1, 0.15) is 5.69 Å². The Balaban J connectivity index is 3.06. The first-order valence-corrected chi connectivity index (χ1v) is 2.79. The second-order valence-corrected chi connectivity index (χ2v) is 1.94. The van der Waals surface area contributed by atoms with E-state index in [1.165, 1.54) is 6.20 Å². The Kier molecular flexibility index (Phi) is 1.72. The fraction of sp³-hybridized carbons (Fsp3) is 0. The van der Waals surface area contributed by atoms with Gasteiger partial charge >= 0.3 is 0 Å². The van der Waals surface area contributed by atoms with E-state index in [0.29, 0.717) is 10.7 Å². The van der Waals surface area contributed by atoms with Crippen LogP contribution in [0.4, 0.5) is 0 Å². The number of pyridine rings is 1. The van der Waals surface area contributed by atoms with Gasteiger partial charge in [-0.1, -0.05) is 17.5 Å². The molecule has 1 nitrogen and oxygen atoms in total. The SMILES string of the molecule is C#Cc1ccc(Cl)cn1. The molecule has 0 aliphatic carbocycles. The van der Waals surface area contributed by atoms with E-state index in [0.717, 1.165) is 0 Å². The van der Waals surface area contributed by atoms with Gasteiger partial charge in [0.25, 0.3) is 0 Å². The monoisotopic (exact) mass is 137 g/mol. The first-order valence-electron chi connectivity index (χ1n) is 2.41. The van der Waals surface area contributed by atoms with Crippen LogP contribution in [0.1, 0.15) is 5.69 Å². The van der Waals surface area contributed by atoms with Crippen LogP contribution in [0.2, 0.25) is 5.02 Å². The third-order valence-corrected chi connectivity index (χ3v) is 1.10. The predicted octanol–water partition coefficient (Wildman–Crippen LogP) is 1.72. The van der Waals surface area contributed by atoms with E-state index in [-0.39, 0.29) is 0 Å². The summed E-state index contributed by atoms with van der Waals surface area (Å²) in [5.41, 5.74) is 0.611. The molecular formula is C7H4ClN. The topological polar surface area (TPSA) is 12.9 Å². The number of rotatable bonds is 0. The summed E-state index contributed by atoms with van der Waals surface area (Å²) >= 11 is 5.54. The quantitative estimate of drug-likeness (QED) is 0.496.